The molecular formula is C17H32N2S. The normalized spacial score (nSPS) is 23.7. The average Bonchev–Trinajstić information content (AvgIpc) is 2.42. The molecule has 1 N–H and O–H groups in total. The number of thioether (sulfide) groups is 1. The SMILES string of the molecule is CC(C)CCCC(C)NC1=NCC2(CCCCC2)CS1. The lowest BCUT2D eigenvalue weighted by Crippen LogP contribution is -2.39. The summed E-state index contributed by atoms with van der Waals surface area (Å²) in [4.78, 5) is 4.86. The van der Waals surface area contributed by atoms with Crippen molar-refractivity contribution in [2.24, 2.45) is 16.3 Å². The van der Waals surface area contributed by atoms with Gasteiger partial charge in [-0.25, -0.2) is 0 Å². The van der Waals surface area contributed by atoms with E-state index < -0.39 is 0 Å². The van der Waals surface area contributed by atoms with Crippen LogP contribution in [0.3, 0.4) is 0 Å². The van der Waals surface area contributed by atoms with Crippen LogP contribution in [0.15, 0.2) is 4.99 Å². The lowest BCUT2D eigenvalue weighted by molar-refractivity contribution is 0.232. The molecule has 0 radical (unpaired) electrons. The van der Waals surface area contributed by atoms with E-state index in [1.807, 2.05) is 11.8 Å². The highest BCUT2D eigenvalue weighted by molar-refractivity contribution is 8.13. The van der Waals surface area contributed by atoms with Crippen molar-refractivity contribution in [3.63, 3.8) is 0 Å². The molecule has 1 aliphatic carbocycles. The Kier molecular flexibility index (Phi) is 6.25. The Hall–Kier alpha value is -0.180. The molecule has 2 rings (SSSR count). The molecular weight excluding hydrogens is 264 g/mol. The highest BCUT2D eigenvalue weighted by Gasteiger charge is 2.34. The summed E-state index contributed by atoms with van der Waals surface area (Å²) in [6.45, 7) is 7.99. The lowest BCUT2D eigenvalue weighted by atomic mass is 9.75. The molecule has 0 saturated heterocycles. The third-order valence-corrected chi connectivity index (χ3v) is 6.05. The van der Waals surface area contributed by atoms with Gasteiger partial charge in [0.2, 0.25) is 0 Å². The van der Waals surface area contributed by atoms with E-state index >= 15 is 0 Å². The Labute approximate surface area is 129 Å². The Balaban J connectivity index is 1.71. The first-order chi connectivity index (χ1) is 9.60. The molecule has 0 aromatic rings. The van der Waals surface area contributed by atoms with Gasteiger partial charge in [0.05, 0.1) is 0 Å². The van der Waals surface area contributed by atoms with Gasteiger partial charge in [-0.05, 0) is 37.5 Å². The maximum Gasteiger partial charge on any atom is 0.156 e. The number of amidine groups is 1. The van der Waals surface area contributed by atoms with Crippen molar-refractivity contribution in [1.82, 2.24) is 5.32 Å². The fourth-order valence-corrected chi connectivity index (χ4v) is 4.62. The second-order valence-electron chi connectivity index (χ2n) is 7.34. The number of hydrogen-bond donors (Lipinski definition) is 1. The van der Waals surface area contributed by atoms with Gasteiger partial charge in [0, 0.05) is 18.3 Å². The van der Waals surface area contributed by atoms with E-state index in [4.69, 9.17) is 4.99 Å². The number of nitrogens with one attached hydrogen (secondary N) is 1. The molecule has 0 aromatic carbocycles. The monoisotopic (exact) mass is 296 g/mol. The predicted molar refractivity (Wildman–Crippen MR) is 91.6 cm³/mol. The summed E-state index contributed by atoms with van der Waals surface area (Å²) in [7, 11) is 0. The predicted octanol–water partition coefficient (Wildman–Crippen LogP) is 4.84. The van der Waals surface area contributed by atoms with Crippen LogP contribution in [-0.2, 0) is 0 Å². The second-order valence-corrected chi connectivity index (χ2v) is 8.30. The minimum absolute atomic E-state index is 0.551. The summed E-state index contributed by atoms with van der Waals surface area (Å²) in [5.41, 5.74) is 0.551. The van der Waals surface area contributed by atoms with Gasteiger partial charge >= 0.3 is 0 Å². The molecule has 2 nitrogen and oxygen atoms in total. The molecule has 20 heavy (non-hydrogen) atoms. The van der Waals surface area contributed by atoms with E-state index in [1.165, 1.54) is 62.3 Å². The van der Waals surface area contributed by atoms with Gasteiger partial charge in [-0.2, -0.15) is 0 Å². The molecule has 1 fully saturated rings. The molecule has 1 unspecified atom stereocenters. The zero-order valence-electron chi connectivity index (χ0n) is 13.6. The molecule has 1 spiro atoms. The minimum Gasteiger partial charge on any atom is -0.362 e. The Morgan fingerprint density at radius 1 is 1.15 bits per heavy atom. The zero-order chi connectivity index (χ0) is 14.4. The first-order valence-electron chi connectivity index (χ1n) is 8.53. The van der Waals surface area contributed by atoms with Crippen molar-refractivity contribution in [3.05, 3.63) is 0 Å². The van der Waals surface area contributed by atoms with Crippen LogP contribution >= 0.6 is 11.8 Å². The molecule has 0 amide bonds. The van der Waals surface area contributed by atoms with Crippen LogP contribution in [0.25, 0.3) is 0 Å². The molecule has 1 saturated carbocycles. The van der Waals surface area contributed by atoms with Crippen molar-refractivity contribution in [2.45, 2.75) is 78.2 Å². The van der Waals surface area contributed by atoms with Crippen molar-refractivity contribution in [3.8, 4) is 0 Å². The van der Waals surface area contributed by atoms with Gasteiger partial charge < -0.3 is 5.32 Å². The van der Waals surface area contributed by atoms with Gasteiger partial charge in [0.1, 0.15) is 0 Å². The summed E-state index contributed by atoms with van der Waals surface area (Å²) in [5.74, 6) is 2.12. The standard InChI is InChI=1S/C17H32N2S/c1-14(2)8-7-9-15(3)19-16-18-12-17(13-20-16)10-5-4-6-11-17/h14-15H,4-13H2,1-3H3,(H,18,19). The molecule has 1 atom stereocenters. The summed E-state index contributed by atoms with van der Waals surface area (Å²) in [6, 6.07) is 0.570. The van der Waals surface area contributed by atoms with Gasteiger partial charge in [0.15, 0.2) is 5.17 Å². The van der Waals surface area contributed by atoms with E-state index in [0.717, 1.165) is 12.5 Å². The van der Waals surface area contributed by atoms with Crippen molar-refractivity contribution in [1.29, 1.82) is 0 Å². The number of aliphatic imine (C=N–C) groups is 1. The quantitative estimate of drug-likeness (QED) is 0.784. The first kappa shape index (κ1) is 16.2. The van der Waals surface area contributed by atoms with E-state index in [0.29, 0.717) is 11.5 Å². The first-order valence-corrected chi connectivity index (χ1v) is 9.52. The molecule has 0 bridgehead atoms. The van der Waals surface area contributed by atoms with Crippen LogP contribution < -0.4 is 5.32 Å². The molecule has 1 aliphatic heterocycles. The van der Waals surface area contributed by atoms with Crippen molar-refractivity contribution >= 4 is 16.9 Å². The van der Waals surface area contributed by atoms with Gasteiger partial charge in [-0.1, -0.05) is 57.7 Å². The third-order valence-electron chi connectivity index (χ3n) is 4.78. The van der Waals surface area contributed by atoms with Crippen LogP contribution in [0.4, 0.5) is 0 Å². The average molecular weight is 297 g/mol. The summed E-state index contributed by atoms with van der Waals surface area (Å²) >= 11 is 1.98. The smallest absolute Gasteiger partial charge is 0.156 e. The second kappa shape index (κ2) is 7.72. The fourth-order valence-electron chi connectivity index (χ4n) is 3.36. The summed E-state index contributed by atoms with van der Waals surface area (Å²) in [6.07, 6.45) is 11.0. The molecule has 1 heterocycles. The molecule has 116 valence electrons. The number of hydrogen-bond acceptors (Lipinski definition) is 3. The van der Waals surface area contributed by atoms with E-state index in [9.17, 15) is 0 Å². The van der Waals surface area contributed by atoms with Gasteiger partial charge in [-0.3, -0.25) is 4.99 Å². The highest BCUT2D eigenvalue weighted by Crippen LogP contribution is 2.41. The number of nitrogens with zero attached hydrogens (tertiary/aromatic N) is 1. The molecule has 2 aliphatic rings. The topological polar surface area (TPSA) is 24.4 Å². The van der Waals surface area contributed by atoms with E-state index in [1.54, 1.807) is 0 Å². The summed E-state index contributed by atoms with van der Waals surface area (Å²) in [5, 5.41) is 4.83. The van der Waals surface area contributed by atoms with E-state index in [-0.39, 0.29) is 0 Å². The minimum atomic E-state index is 0.551. The Morgan fingerprint density at radius 3 is 2.50 bits per heavy atom. The van der Waals surface area contributed by atoms with Crippen LogP contribution in [0.2, 0.25) is 0 Å². The number of rotatable bonds is 5. The van der Waals surface area contributed by atoms with E-state index in [2.05, 4.69) is 26.1 Å². The van der Waals surface area contributed by atoms with Crippen LogP contribution in [0.1, 0.15) is 72.1 Å². The fraction of sp³-hybridized carbons (Fsp3) is 0.941. The Morgan fingerprint density at radius 2 is 1.90 bits per heavy atom. The highest BCUT2D eigenvalue weighted by atomic mass is 32.2. The van der Waals surface area contributed by atoms with Crippen LogP contribution in [-0.4, -0.2) is 23.5 Å². The lowest BCUT2D eigenvalue weighted by Gasteiger charge is -2.38. The zero-order valence-corrected chi connectivity index (χ0v) is 14.4. The van der Waals surface area contributed by atoms with Gasteiger partial charge in [-0.15, -0.1) is 0 Å². The Bertz CT molecular complexity index is 319. The third kappa shape index (κ3) is 4.98. The van der Waals surface area contributed by atoms with Crippen molar-refractivity contribution in [2.75, 3.05) is 12.3 Å². The van der Waals surface area contributed by atoms with Crippen LogP contribution in [0, 0.1) is 11.3 Å². The summed E-state index contributed by atoms with van der Waals surface area (Å²) < 4.78 is 0. The van der Waals surface area contributed by atoms with Crippen LogP contribution in [0.5, 0.6) is 0 Å². The van der Waals surface area contributed by atoms with Gasteiger partial charge in [0.25, 0.3) is 0 Å². The molecule has 3 heteroatoms. The maximum atomic E-state index is 4.86. The van der Waals surface area contributed by atoms with Crippen molar-refractivity contribution < 1.29 is 0 Å². The molecule has 0 aromatic heterocycles. The maximum absolute atomic E-state index is 4.86. The largest absolute Gasteiger partial charge is 0.362 e.